The van der Waals surface area contributed by atoms with E-state index in [4.69, 9.17) is 0 Å². The molecule has 1 aliphatic heterocycles. The van der Waals surface area contributed by atoms with E-state index in [0.717, 1.165) is 18.7 Å². The van der Waals surface area contributed by atoms with E-state index in [1.54, 1.807) is 16.9 Å². The summed E-state index contributed by atoms with van der Waals surface area (Å²) in [6.45, 7) is 1.70. The van der Waals surface area contributed by atoms with Gasteiger partial charge in [-0.15, -0.1) is 5.10 Å². The van der Waals surface area contributed by atoms with Crippen LogP contribution in [-0.2, 0) is 6.42 Å². The fourth-order valence-electron chi connectivity index (χ4n) is 1.97. The molecule has 0 saturated carbocycles. The number of nitrogens with one attached hydrogen (secondary N) is 1. The predicted molar refractivity (Wildman–Crippen MR) is 74.1 cm³/mol. The molecule has 0 radical (unpaired) electrons. The number of hydrogen-bond acceptors (Lipinski definition) is 4. The topological polar surface area (TPSA) is 59.8 Å². The Morgan fingerprint density at radius 2 is 2.30 bits per heavy atom. The molecule has 104 valence electrons. The molecule has 0 aliphatic carbocycles. The van der Waals surface area contributed by atoms with Gasteiger partial charge in [0.25, 0.3) is 0 Å². The van der Waals surface area contributed by atoms with Crippen molar-refractivity contribution in [2.75, 3.05) is 13.1 Å². The maximum atomic E-state index is 13.0. The number of benzene rings is 1. The summed E-state index contributed by atoms with van der Waals surface area (Å²) in [7, 11) is 0. The molecule has 0 bridgehead atoms. The number of nitrogens with zero attached hydrogens (tertiary/aromatic N) is 3. The standard InChI is InChI=1S/C13H12BrFN4O/c14-11-4-9(15)2-1-8(11)3-13(20)12-7-19(18-17-12)10-5-16-6-10/h1-2,4,7,10,16H,3,5-6H2. The first-order valence-electron chi connectivity index (χ1n) is 6.23. The van der Waals surface area contributed by atoms with Crippen molar-refractivity contribution in [3.63, 3.8) is 0 Å². The minimum absolute atomic E-state index is 0.129. The molecule has 1 aliphatic rings. The summed E-state index contributed by atoms with van der Waals surface area (Å²) in [4.78, 5) is 12.1. The minimum Gasteiger partial charge on any atom is -0.312 e. The molecule has 1 N–H and O–H groups in total. The molecule has 2 heterocycles. The molecule has 0 unspecified atom stereocenters. The van der Waals surface area contributed by atoms with Crippen LogP contribution in [0.2, 0.25) is 0 Å². The largest absolute Gasteiger partial charge is 0.312 e. The van der Waals surface area contributed by atoms with Crippen LogP contribution in [0.1, 0.15) is 22.1 Å². The average Bonchev–Trinajstić information content (AvgIpc) is 2.80. The highest BCUT2D eigenvalue weighted by Crippen LogP contribution is 2.20. The average molecular weight is 339 g/mol. The third-order valence-corrected chi connectivity index (χ3v) is 4.03. The lowest BCUT2D eigenvalue weighted by Crippen LogP contribution is -2.43. The van der Waals surface area contributed by atoms with Gasteiger partial charge in [0.1, 0.15) is 11.5 Å². The van der Waals surface area contributed by atoms with Crippen molar-refractivity contribution < 1.29 is 9.18 Å². The quantitative estimate of drug-likeness (QED) is 0.863. The van der Waals surface area contributed by atoms with Crippen molar-refractivity contribution in [2.24, 2.45) is 0 Å². The summed E-state index contributed by atoms with van der Waals surface area (Å²) >= 11 is 3.26. The SMILES string of the molecule is O=C(Cc1ccc(F)cc1Br)c1cn(C2CNC2)nn1. The molecule has 0 amide bonds. The molecule has 1 saturated heterocycles. The molecule has 3 rings (SSSR count). The first-order chi connectivity index (χ1) is 9.63. The Balaban J connectivity index is 1.73. The van der Waals surface area contributed by atoms with Gasteiger partial charge in [0.15, 0.2) is 5.78 Å². The van der Waals surface area contributed by atoms with Gasteiger partial charge in [0.2, 0.25) is 0 Å². The van der Waals surface area contributed by atoms with Crippen molar-refractivity contribution in [3.8, 4) is 0 Å². The Bertz CT molecular complexity index is 654. The fourth-order valence-corrected chi connectivity index (χ4v) is 2.46. The van der Waals surface area contributed by atoms with E-state index in [0.29, 0.717) is 10.2 Å². The Morgan fingerprint density at radius 1 is 1.50 bits per heavy atom. The normalized spacial score (nSPS) is 15.1. The number of hydrogen-bond donors (Lipinski definition) is 1. The van der Waals surface area contributed by atoms with Gasteiger partial charge in [0, 0.05) is 24.0 Å². The molecule has 0 atom stereocenters. The molecule has 5 nitrogen and oxygen atoms in total. The van der Waals surface area contributed by atoms with E-state index in [1.807, 2.05) is 0 Å². The van der Waals surface area contributed by atoms with Crippen LogP contribution in [-0.4, -0.2) is 33.9 Å². The van der Waals surface area contributed by atoms with E-state index in [-0.39, 0.29) is 24.1 Å². The van der Waals surface area contributed by atoms with E-state index < -0.39 is 0 Å². The lowest BCUT2D eigenvalue weighted by Gasteiger charge is -2.26. The number of carbonyl (C=O) groups excluding carboxylic acids is 1. The Hall–Kier alpha value is -1.60. The summed E-state index contributed by atoms with van der Waals surface area (Å²) in [5.41, 5.74) is 1.07. The summed E-state index contributed by atoms with van der Waals surface area (Å²) in [6.07, 6.45) is 1.84. The van der Waals surface area contributed by atoms with Gasteiger partial charge in [-0.05, 0) is 17.7 Å². The van der Waals surface area contributed by atoms with Crippen LogP contribution >= 0.6 is 15.9 Å². The third kappa shape index (κ3) is 2.64. The summed E-state index contributed by atoms with van der Waals surface area (Å²) in [5.74, 6) is -0.465. The lowest BCUT2D eigenvalue weighted by molar-refractivity contribution is 0.0988. The number of rotatable bonds is 4. The monoisotopic (exact) mass is 338 g/mol. The number of Topliss-reactive ketones (excluding diaryl/α,β-unsaturated/α-hetero) is 1. The van der Waals surface area contributed by atoms with Crippen molar-refractivity contribution in [1.29, 1.82) is 0 Å². The van der Waals surface area contributed by atoms with Crippen LogP contribution in [0.15, 0.2) is 28.9 Å². The summed E-state index contributed by atoms with van der Waals surface area (Å²) < 4.78 is 15.3. The smallest absolute Gasteiger partial charge is 0.189 e. The van der Waals surface area contributed by atoms with E-state index >= 15 is 0 Å². The molecule has 1 aromatic carbocycles. The number of aromatic nitrogens is 3. The Kier molecular flexibility index (Phi) is 3.62. The first-order valence-corrected chi connectivity index (χ1v) is 7.02. The van der Waals surface area contributed by atoms with Gasteiger partial charge in [-0.3, -0.25) is 4.79 Å². The maximum absolute atomic E-state index is 13.0. The molecular weight excluding hydrogens is 327 g/mol. The van der Waals surface area contributed by atoms with Gasteiger partial charge < -0.3 is 5.32 Å². The number of carbonyl (C=O) groups is 1. The third-order valence-electron chi connectivity index (χ3n) is 3.30. The van der Waals surface area contributed by atoms with Gasteiger partial charge in [-0.2, -0.15) is 0 Å². The molecule has 7 heteroatoms. The highest BCUT2D eigenvalue weighted by molar-refractivity contribution is 9.10. The summed E-state index contributed by atoms with van der Waals surface area (Å²) in [5, 5.41) is 11.0. The van der Waals surface area contributed by atoms with Crippen LogP contribution in [0, 0.1) is 5.82 Å². The van der Waals surface area contributed by atoms with Gasteiger partial charge in [-0.25, -0.2) is 9.07 Å². The van der Waals surface area contributed by atoms with Crippen molar-refractivity contribution in [2.45, 2.75) is 12.5 Å². The Morgan fingerprint density at radius 3 is 2.95 bits per heavy atom. The van der Waals surface area contributed by atoms with Crippen LogP contribution < -0.4 is 5.32 Å². The van der Waals surface area contributed by atoms with Crippen molar-refractivity contribution in [3.05, 3.63) is 45.9 Å². The molecule has 1 fully saturated rings. The zero-order chi connectivity index (χ0) is 14.1. The van der Waals surface area contributed by atoms with Crippen LogP contribution in [0.25, 0.3) is 0 Å². The second-order valence-corrected chi connectivity index (χ2v) is 5.59. The van der Waals surface area contributed by atoms with Crippen LogP contribution in [0.4, 0.5) is 4.39 Å². The molecule has 2 aromatic rings. The molecule has 0 spiro atoms. The highest BCUT2D eigenvalue weighted by atomic mass is 79.9. The van der Waals surface area contributed by atoms with Gasteiger partial charge in [-0.1, -0.05) is 27.2 Å². The molecule has 20 heavy (non-hydrogen) atoms. The van der Waals surface area contributed by atoms with Crippen molar-refractivity contribution >= 4 is 21.7 Å². The second kappa shape index (κ2) is 5.41. The van der Waals surface area contributed by atoms with Crippen molar-refractivity contribution in [1.82, 2.24) is 20.3 Å². The van der Waals surface area contributed by atoms with Crippen LogP contribution in [0.5, 0.6) is 0 Å². The van der Waals surface area contributed by atoms with E-state index in [2.05, 4.69) is 31.6 Å². The minimum atomic E-state index is -0.337. The second-order valence-electron chi connectivity index (χ2n) is 4.73. The number of halogens is 2. The predicted octanol–water partition coefficient (Wildman–Crippen LogP) is 1.75. The van der Waals surface area contributed by atoms with E-state index in [1.165, 1.54) is 12.1 Å². The maximum Gasteiger partial charge on any atom is 0.189 e. The highest BCUT2D eigenvalue weighted by Gasteiger charge is 2.21. The number of ketones is 1. The molecular formula is C13H12BrFN4O. The van der Waals surface area contributed by atoms with E-state index in [9.17, 15) is 9.18 Å². The first kappa shape index (κ1) is 13.4. The van der Waals surface area contributed by atoms with Gasteiger partial charge in [0.05, 0.1) is 12.2 Å². The lowest BCUT2D eigenvalue weighted by atomic mass is 10.1. The van der Waals surface area contributed by atoms with Crippen LogP contribution in [0.3, 0.4) is 0 Å². The summed E-state index contributed by atoms with van der Waals surface area (Å²) in [6, 6.07) is 4.56. The zero-order valence-electron chi connectivity index (χ0n) is 10.5. The van der Waals surface area contributed by atoms with Gasteiger partial charge >= 0.3 is 0 Å². The fraction of sp³-hybridized carbons (Fsp3) is 0.308. The Labute approximate surface area is 123 Å². The zero-order valence-corrected chi connectivity index (χ0v) is 12.1. The molecule has 1 aromatic heterocycles.